The van der Waals surface area contributed by atoms with Gasteiger partial charge >= 0.3 is 6.03 Å². The van der Waals surface area contributed by atoms with E-state index in [1.54, 1.807) is 6.20 Å². The molecule has 3 aromatic rings. The number of aromatic nitrogens is 3. The van der Waals surface area contributed by atoms with Crippen LogP contribution in [0.5, 0.6) is 0 Å². The third-order valence-electron chi connectivity index (χ3n) is 5.37. The summed E-state index contributed by atoms with van der Waals surface area (Å²) in [5, 5.41) is 12.7. The van der Waals surface area contributed by atoms with Crippen LogP contribution in [-0.4, -0.2) is 51.2 Å². The average Bonchev–Trinajstić information content (AvgIpc) is 3.46. The van der Waals surface area contributed by atoms with Gasteiger partial charge in [-0.15, -0.1) is 0 Å². The summed E-state index contributed by atoms with van der Waals surface area (Å²) in [5.74, 6) is 0.112. The van der Waals surface area contributed by atoms with Crippen molar-refractivity contribution in [2.75, 3.05) is 25.0 Å². The summed E-state index contributed by atoms with van der Waals surface area (Å²) in [5.41, 5.74) is 3.16. The fraction of sp³-hybridized carbons (Fsp3) is 0.318. The largest absolute Gasteiger partial charge is 0.338 e. The lowest BCUT2D eigenvalue weighted by atomic mass is 9.93. The number of rotatable bonds is 5. The normalized spacial score (nSPS) is 16.3. The second-order valence-corrected chi connectivity index (χ2v) is 7.41. The summed E-state index contributed by atoms with van der Waals surface area (Å²) in [7, 11) is 0. The minimum Gasteiger partial charge on any atom is -0.338 e. The Labute approximate surface area is 175 Å². The van der Waals surface area contributed by atoms with Crippen molar-refractivity contribution in [3.63, 3.8) is 0 Å². The zero-order chi connectivity index (χ0) is 20.9. The number of H-pyrrole nitrogens is 1. The molecule has 3 heterocycles. The molecule has 30 heavy (non-hydrogen) atoms. The number of amides is 3. The van der Waals surface area contributed by atoms with Crippen LogP contribution in [0.3, 0.4) is 0 Å². The van der Waals surface area contributed by atoms with Crippen LogP contribution in [0.4, 0.5) is 10.5 Å². The zero-order valence-corrected chi connectivity index (χ0v) is 17.0. The van der Waals surface area contributed by atoms with Gasteiger partial charge in [0.2, 0.25) is 0 Å². The smallest absolute Gasteiger partial charge is 0.319 e. The highest BCUT2D eigenvalue weighted by Crippen LogP contribution is 2.31. The van der Waals surface area contributed by atoms with Crippen LogP contribution in [0.15, 0.2) is 55.0 Å². The molecule has 4 rings (SSSR count). The number of hydrogen-bond donors (Lipinski definition) is 3. The topological polar surface area (TPSA) is 95.1 Å². The number of carbonyl (C=O) groups excluding carboxylic acids is 2. The molecule has 156 valence electrons. The van der Waals surface area contributed by atoms with Gasteiger partial charge in [0.1, 0.15) is 0 Å². The first kappa shape index (κ1) is 19.8. The van der Waals surface area contributed by atoms with E-state index in [0.29, 0.717) is 24.3 Å². The predicted molar refractivity (Wildman–Crippen MR) is 115 cm³/mol. The molecule has 8 heteroatoms. The van der Waals surface area contributed by atoms with E-state index in [-0.39, 0.29) is 17.9 Å². The van der Waals surface area contributed by atoms with Crippen molar-refractivity contribution in [3.05, 3.63) is 66.2 Å². The van der Waals surface area contributed by atoms with Crippen LogP contribution in [0.2, 0.25) is 0 Å². The van der Waals surface area contributed by atoms with Crippen molar-refractivity contribution in [2.45, 2.75) is 25.7 Å². The number of anilines is 1. The molecule has 1 unspecified atom stereocenters. The Balaban J connectivity index is 1.49. The minimum atomic E-state index is -0.259. The predicted octanol–water partition coefficient (Wildman–Crippen LogP) is 3.36. The lowest BCUT2D eigenvalue weighted by Crippen LogP contribution is -2.39. The zero-order valence-electron chi connectivity index (χ0n) is 17.0. The molecule has 0 radical (unpaired) electrons. The van der Waals surface area contributed by atoms with Gasteiger partial charge in [-0.25, -0.2) is 4.79 Å². The number of aromatic amines is 1. The monoisotopic (exact) mass is 406 g/mol. The Morgan fingerprint density at radius 2 is 2.07 bits per heavy atom. The van der Waals surface area contributed by atoms with E-state index in [9.17, 15) is 9.59 Å². The maximum Gasteiger partial charge on any atom is 0.319 e. The van der Waals surface area contributed by atoms with E-state index < -0.39 is 0 Å². The molecule has 2 aromatic heterocycles. The van der Waals surface area contributed by atoms with Gasteiger partial charge < -0.3 is 20.1 Å². The number of nitrogens with one attached hydrogen (secondary N) is 3. The van der Waals surface area contributed by atoms with E-state index in [2.05, 4.69) is 20.8 Å². The Hall–Kier alpha value is -3.55. The van der Waals surface area contributed by atoms with Crippen LogP contribution in [0, 0.1) is 0 Å². The first-order valence-electron chi connectivity index (χ1n) is 10.3. The van der Waals surface area contributed by atoms with Gasteiger partial charge in [-0.2, -0.15) is 5.10 Å². The molecule has 0 bridgehead atoms. The molecule has 1 atom stereocenters. The SMILES string of the molecule is CCNC(=O)Nc1cn[nH]c1C1CCCN(C(=O)c2cccc(-n3cccc3)c2)C1. The quantitative estimate of drug-likeness (QED) is 0.606. The molecular weight excluding hydrogens is 380 g/mol. The maximum atomic E-state index is 13.2. The second kappa shape index (κ2) is 8.86. The second-order valence-electron chi connectivity index (χ2n) is 7.41. The maximum absolute atomic E-state index is 13.2. The summed E-state index contributed by atoms with van der Waals surface area (Å²) < 4.78 is 1.99. The van der Waals surface area contributed by atoms with Gasteiger partial charge in [0, 0.05) is 49.2 Å². The van der Waals surface area contributed by atoms with E-state index in [0.717, 1.165) is 30.8 Å². The summed E-state index contributed by atoms with van der Waals surface area (Å²) in [6.45, 7) is 3.72. The van der Waals surface area contributed by atoms with Crippen LogP contribution in [-0.2, 0) is 0 Å². The summed E-state index contributed by atoms with van der Waals surface area (Å²) >= 11 is 0. The Kier molecular flexibility index (Phi) is 5.83. The summed E-state index contributed by atoms with van der Waals surface area (Å²) in [6.07, 6.45) is 7.36. The van der Waals surface area contributed by atoms with Crippen molar-refractivity contribution < 1.29 is 9.59 Å². The molecule has 3 N–H and O–H groups in total. The Morgan fingerprint density at radius 1 is 1.23 bits per heavy atom. The molecule has 0 aliphatic carbocycles. The van der Waals surface area contributed by atoms with Gasteiger partial charge in [-0.05, 0) is 50.1 Å². The molecule has 8 nitrogen and oxygen atoms in total. The van der Waals surface area contributed by atoms with Gasteiger partial charge in [0.15, 0.2) is 0 Å². The van der Waals surface area contributed by atoms with E-state index >= 15 is 0 Å². The van der Waals surface area contributed by atoms with E-state index in [4.69, 9.17) is 0 Å². The first-order valence-corrected chi connectivity index (χ1v) is 10.3. The van der Waals surface area contributed by atoms with Crippen molar-refractivity contribution in [2.24, 2.45) is 0 Å². The highest BCUT2D eigenvalue weighted by Gasteiger charge is 2.28. The molecule has 0 spiro atoms. The number of likely N-dealkylation sites (tertiary alicyclic amines) is 1. The van der Waals surface area contributed by atoms with Crippen LogP contribution >= 0.6 is 0 Å². The molecule has 1 aliphatic rings. The lowest BCUT2D eigenvalue weighted by molar-refractivity contribution is 0.0706. The van der Waals surface area contributed by atoms with Gasteiger partial charge in [0.05, 0.1) is 17.6 Å². The number of nitrogens with zero attached hydrogens (tertiary/aromatic N) is 3. The molecule has 1 aliphatic heterocycles. The first-order chi connectivity index (χ1) is 14.7. The lowest BCUT2D eigenvalue weighted by Gasteiger charge is -2.32. The molecule has 1 fully saturated rings. The van der Waals surface area contributed by atoms with Gasteiger partial charge in [-0.1, -0.05) is 6.07 Å². The fourth-order valence-electron chi connectivity index (χ4n) is 3.92. The highest BCUT2D eigenvalue weighted by molar-refractivity contribution is 5.95. The average molecular weight is 406 g/mol. The minimum absolute atomic E-state index is 0.0199. The number of benzene rings is 1. The third kappa shape index (κ3) is 4.22. The third-order valence-corrected chi connectivity index (χ3v) is 5.37. The molecule has 0 saturated carbocycles. The number of carbonyl (C=O) groups is 2. The molecular formula is C22H26N6O2. The molecule has 1 aromatic carbocycles. The molecule has 1 saturated heterocycles. The number of piperidine rings is 1. The van der Waals surface area contributed by atoms with Crippen LogP contribution in [0.1, 0.15) is 41.7 Å². The van der Waals surface area contributed by atoms with Crippen molar-refractivity contribution >= 4 is 17.6 Å². The van der Waals surface area contributed by atoms with Crippen molar-refractivity contribution in [3.8, 4) is 5.69 Å². The van der Waals surface area contributed by atoms with Crippen molar-refractivity contribution in [1.29, 1.82) is 0 Å². The standard InChI is InChI=1S/C22H26N6O2/c1-2-23-22(30)25-19-14-24-26-20(19)17-8-6-12-28(15-17)21(29)16-7-5-9-18(13-16)27-10-3-4-11-27/h3-5,7,9-11,13-14,17H,2,6,8,12,15H2,1H3,(H,24,26)(H2,23,25,30). The van der Waals surface area contributed by atoms with E-state index in [1.165, 1.54) is 0 Å². The van der Waals surface area contributed by atoms with Gasteiger partial charge in [-0.3, -0.25) is 9.89 Å². The molecule has 3 amide bonds. The summed E-state index contributed by atoms with van der Waals surface area (Å²) in [4.78, 5) is 27.0. The fourth-order valence-corrected chi connectivity index (χ4v) is 3.92. The van der Waals surface area contributed by atoms with Crippen LogP contribution < -0.4 is 10.6 Å². The van der Waals surface area contributed by atoms with E-state index in [1.807, 2.05) is 65.2 Å². The summed E-state index contributed by atoms with van der Waals surface area (Å²) in [6, 6.07) is 11.3. The van der Waals surface area contributed by atoms with Gasteiger partial charge in [0.25, 0.3) is 5.91 Å². The Morgan fingerprint density at radius 3 is 2.87 bits per heavy atom. The number of hydrogen-bond acceptors (Lipinski definition) is 3. The van der Waals surface area contributed by atoms with Crippen molar-refractivity contribution in [1.82, 2.24) is 25.0 Å². The van der Waals surface area contributed by atoms with Crippen LogP contribution in [0.25, 0.3) is 5.69 Å². The Bertz CT molecular complexity index is 1010. The number of urea groups is 1. The highest BCUT2D eigenvalue weighted by atomic mass is 16.2.